The Morgan fingerprint density at radius 2 is 1.70 bits per heavy atom. The quantitative estimate of drug-likeness (QED) is 0.323. The molecule has 1 aromatic heterocycles. The molecule has 3 aromatic rings. The van der Waals surface area contributed by atoms with Crippen LogP contribution < -0.4 is 9.64 Å². The van der Waals surface area contributed by atoms with Crippen LogP contribution in [0.3, 0.4) is 0 Å². The molecule has 0 saturated carbocycles. The summed E-state index contributed by atoms with van der Waals surface area (Å²) in [5.41, 5.74) is 3.92. The minimum atomic E-state index is -0.841. The first-order chi connectivity index (χ1) is 15.7. The van der Waals surface area contributed by atoms with Crippen LogP contribution in [0.5, 0.6) is 5.75 Å². The molecule has 0 spiro atoms. The maximum Gasteiger partial charge on any atom is 0.300 e. The van der Waals surface area contributed by atoms with Gasteiger partial charge in [-0.3, -0.25) is 19.5 Å². The number of methoxy groups -OCH3 is 1. The van der Waals surface area contributed by atoms with E-state index >= 15 is 0 Å². The molecule has 6 nitrogen and oxygen atoms in total. The van der Waals surface area contributed by atoms with Crippen molar-refractivity contribution in [2.75, 3.05) is 12.0 Å². The Labute approximate surface area is 197 Å². The van der Waals surface area contributed by atoms with Crippen molar-refractivity contribution in [2.45, 2.75) is 26.8 Å². The van der Waals surface area contributed by atoms with Crippen LogP contribution in [0.15, 0.2) is 60.4 Å². The molecule has 2 aromatic carbocycles. The number of halogens is 1. The average molecular weight is 463 g/mol. The molecule has 1 amide bonds. The van der Waals surface area contributed by atoms with Crippen LogP contribution in [-0.2, 0) is 9.59 Å². The second-order valence-electron chi connectivity index (χ2n) is 8.02. The zero-order valence-corrected chi connectivity index (χ0v) is 19.5. The molecule has 1 aliphatic rings. The molecule has 1 N–H and O–H groups in total. The molecule has 1 aliphatic heterocycles. The second-order valence-corrected chi connectivity index (χ2v) is 8.45. The minimum Gasteiger partial charge on any atom is -0.507 e. The van der Waals surface area contributed by atoms with E-state index < -0.39 is 17.7 Å². The van der Waals surface area contributed by atoms with Gasteiger partial charge in [0.05, 0.1) is 18.7 Å². The normalized spacial score (nSPS) is 17.5. The Balaban J connectivity index is 1.99. The largest absolute Gasteiger partial charge is 0.507 e. The number of carbonyl (C=O) groups is 2. The number of nitrogens with zero attached hydrogens (tertiary/aromatic N) is 2. The van der Waals surface area contributed by atoms with Gasteiger partial charge >= 0.3 is 0 Å². The third kappa shape index (κ3) is 3.87. The van der Waals surface area contributed by atoms with Gasteiger partial charge in [0.15, 0.2) is 0 Å². The van der Waals surface area contributed by atoms with Gasteiger partial charge in [0.25, 0.3) is 11.7 Å². The topological polar surface area (TPSA) is 79.7 Å². The van der Waals surface area contributed by atoms with Crippen molar-refractivity contribution in [3.63, 3.8) is 0 Å². The van der Waals surface area contributed by atoms with Crippen molar-refractivity contribution in [1.82, 2.24) is 4.98 Å². The maximum atomic E-state index is 13.3. The smallest absolute Gasteiger partial charge is 0.300 e. The maximum absolute atomic E-state index is 13.3. The van der Waals surface area contributed by atoms with Gasteiger partial charge in [0, 0.05) is 28.7 Å². The number of rotatable bonds is 4. The number of Topliss-reactive ketones (excluding diaryl/α,β-unsaturated/α-hetero) is 1. The highest BCUT2D eigenvalue weighted by atomic mass is 35.5. The number of benzene rings is 2. The highest BCUT2D eigenvalue weighted by Crippen LogP contribution is 2.44. The van der Waals surface area contributed by atoms with E-state index in [0.29, 0.717) is 33.1 Å². The fourth-order valence-corrected chi connectivity index (χ4v) is 4.36. The van der Waals surface area contributed by atoms with E-state index in [1.54, 1.807) is 62.0 Å². The van der Waals surface area contributed by atoms with Gasteiger partial charge in [-0.25, -0.2) is 0 Å². The van der Waals surface area contributed by atoms with Gasteiger partial charge in [-0.1, -0.05) is 17.7 Å². The molecule has 1 unspecified atom stereocenters. The van der Waals surface area contributed by atoms with Crippen molar-refractivity contribution in [1.29, 1.82) is 0 Å². The number of aromatic nitrogens is 1. The summed E-state index contributed by atoms with van der Waals surface area (Å²) < 4.78 is 5.37. The van der Waals surface area contributed by atoms with Gasteiger partial charge in [0.2, 0.25) is 0 Å². The number of hydrogen-bond donors (Lipinski definition) is 1. The number of pyridine rings is 1. The third-order valence-corrected chi connectivity index (χ3v) is 6.13. The minimum absolute atomic E-state index is 0.0123. The first kappa shape index (κ1) is 22.6. The fraction of sp³-hybridized carbons (Fsp3) is 0.192. The molecule has 33 heavy (non-hydrogen) atoms. The lowest BCUT2D eigenvalue weighted by Gasteiger charge is -2.27. The summed E-state index contributed by atoms with van der Waals surface area (Å²) in [6, 6.07) is 11.3. The van der Waals surface area contributed by atoms with E-state index in [1.807, 2.05) is 20.8 Å². The molecule has 168 valence electrons. The average Bonchev–Trinajstić information content (AvgIpc) is 3.07. The molecule has 2 heterocycles. The molecular weight excluding hydrogens is 440 g/mol. The first-order valence-electron chi connectivity index (χ1n) is 10.4. The SMILES string of the molecule is COc1cc(C)c(/C(O)=C2\C(=O)C(=O)N(c3cc(Cl)ccc3C)C2c2ccncc2)cc1C. The van der Waals surface area contributed by atoms with E-state index in [4.69, 9.17) is 16.3 Å². The van der Waals surface area contributed by atoms with Crippen LogP contribution in [0.2, 0.25) is 5.02 Å². The summed E-state index contributed by atoms with van der Waals surface area (Å²) in [5.74, 6) is -1.06. The number of anilines is 1. The van der Waals surface area contributed by atoms with Crippen LogP contribution >= 0.6 is 11.6 Å². The van der Waals surface area contributed by atoms with Gasteiger partial charge < -0.3 is 9.84 Å². The Kier molecular flexibility index (Phi) is 5.95. The van der Waals surface area contributed by atoms with Gasteiger partial charge in [-0.2, -0.15) is 0 Å². The fourth-order valence-electron chi connectivity index (χ4n) is 4.19. The lowest BCUT2D eigenvalue weighted by atomic mass is 9.93. The molecule has 4 rings (SSSR count). The number of ketones is 1. The number of aliphatic hydroxyl groups excluding tert-OH is 1. The van der Waals surface area contributed by atoms with Crippen molar-refractivity contribution in [2.24, 2.45) is 0 Å². The monoisotopic (exact) mass is 462 g/mol. The predicted molar refractivity (Wildman–Crippen MR) is 128 cm³/mol. The number of amides is 1. The van der Waals surface area contributed by atoms with E-state index in [2.05, 4.69) is 4.98 Å². The number of carbonyl (C=O) groups excluding carboxylic acids is 2. The summed E-state index contributed by atoms with van der Waals surface area (Å²) >= 11 is 6.23. The highest BCUT2D eigenvalue weighted by molar-refractivity contribution is 6.52. The van der Waals surface area contributed by atoms with Crippen LogP contribution in [0, 0.1) is 20.8 Å². The first-order valence-corrected chi connectivity index (χ1v) is 10.7. The second kappa shape index (κ2) is 8.71. The Morgan fingerprint density at radius 3 is 2.36 bits per heavy atom. The summed E-state index contributed by atoms with van der Waals surface area (Å²) in [4.78, 5) is 32.1. The van der Waals surface area contributed by atoms with Crippen molar-refractivity contribution < 1.29 is 19.4 Å². The lowest BCUT2D eigenvalue weighted by Crippen LogP contribution is -2.30. The molecule has 1 saturated heterocycles. The van der Waals surface area contributed by atoms with E-state index in [1.165, 1.54) is 4.90 Å². The standard InChI is InChI=1S/C26H23ClN2O4/c1-14-5-6-18(27)13-20(14)29-23(17-7-9-28-10-8-17)22(25(31)26(29)32)24(30)19-11-16(3)21(33-4)12-15(19)2/h5-13,23,30H,1-4H3/b24-22+. The molecule has 0 bridgehead atoms. The van der Waals surface area contributed by atoms with Gasteiger partial charge in [0.1, 0.15) is 11.5 Å². The number of ether oxygens (including phenoxy) is 1. The van der Waals surface area contributed by atoms with E-state index in [0.717, 1.165) is 11.1 Å². The molecule has 0 radical (unpaired) electrons. The van der Waals surface area contributed by atoms with Crippen molar-refractivity contribution in [3.05, 3.63) is 93.3 Å². The van der Waals surface area contributed by atoms with Crippen LogP contribution in [0.25, 0.3) is 5.76 Å². The zero-order valence-electron chi connectivity index (χ0n) is 18.7. The lowest BCUT2D eigenvalue weighted by molar-refractivity contribution is -0.132. The van der Waals surface area contributed by atoms with Crippen molar-refractivity contribution in [3.8, 4) is 5.75 Å². The van der Waals surface area contributed by atoms with Crippen LogP contribution in [-0.4, -0.2) is 28.9 Å². The summed E-state index contributed by atoms with van der Waals surface area (Å²) in [7, 11) is 1.57. The Hall–Kier alpha value is -3.64. The highest BCUT2D eigenvalue weighted by Gasteiger charge is 2.47. The third-order valence-electron chi connectivity index (χ3n) is 5.89. The molecular formula is C26H23ClN2O4. The summed E-state index contributed by atoms with van der Waals surface area (Å²) in [5, 5.41) is 11.8. The van der Waals surface area contributed by atoms with Crippen molar-refractivity contribution >= 4 is 34.7 Å². The molecule has 0 aliphatic carbocycles. The predicted octanol–water partition coefficient (Wildman–Crippen LogP) is 5.30. The molecule has 7 heteroatoms. The van der Waals surface area contributed by atoms with Gasteiger partial charge in [-0.05, 0) is 79.4 Å². The van der Waals surface area contributed by atoms with Crippen LogP contribution in [0.1, 0.15) is 33.9 Å². The van der Waals surface area contributed by atoms with E-state index in [-0.39, 0.29) is 11.3 Å². The Morgan fingerprint density at radius 1 is 1.00 bits per heavy atom. The van der Waals surface area contributed by atoms with Crippen LogP contribution in [0.4, 0.5) is 5.69 Å². The summed E-state index contributed by atoms with van der Waals surface area (Å²) in [6.07, 6.45) is 3.17. The molecule has 1 fully saturated rings. The van der Waals surface area contributed by atoms with E-state index in [9.17, 15) is 14.7 Å². The Bertz CT molecular complexity index is 1300. The number of aryl methyl sites for hydroxylation is 3. The zero-order chi connectivity index (χ0) is 23.9. The van der Waals surface area contributed by atoms with Gasteiger partial charge in [-0.15, -0.1) is 0 Å². The summed E-state index contributed by atoms with van der Waals surface area (Å²) in [6.45, 7) is 5.50. The molecule has 1 atom stereocenters. The number of hydrogen-bond acceptors (Lipinski definition) is 5. The number of aliphatic hydroxyl groups is 1.